The van der Waals surface area contributed by atoms with Gasteiger partial charge in [0.15, 0.2) is 0 Å². The van der Waals surface area contributed by atoms with Gasteiger partial charge in [-0.05, 0) is 44.0 Å². The molecule has 1 aliphatic heterocycles. The van der Waals surface area contributed by atoms with Crippen molar-refractivity contribution in [2.24, 2.45) is 0 Å². The number of carbonyl (C=O) groups is 1. The van der Waals surface area contributed by atoms with E-state index in [4.69, 9.17) is 0 Å². The van der Waals surface area contributed by atoms with E-state index in [1.54, 1.807) is 6.07 Å². The van der Waals surface area contributed by atoms with E-state index in [0.29, 0.717) is 23.8 Å². The first-order valence-corrected chi connectivity index (χ1v) is 10.3. The van der Waals surface area contributed by atoms with E-state index in [1.165, 1.54) is 15.6 Å². The fraction of sp³-hybridized carbons (Fsp3) is 0.353. The Balaban J connectivity index is 1.63. The maximum atomic E-state index is 13.3. The number of nitrogens with zero attached hydrogens (tertiary/aromatic N) is 1. The molecule has 9 heteroatoms. The van der Waals surface area contributed by atoms with Crippen LogP contribution in [-0.4, -0.2) is 37.8 Å². The quantitative estimate of drug-likeness (QED) is 0.858. The molecule has 1 saturated heterocycles. The van der Waals surface area contributed by atoms with Gasteiger partial charge in [-0.3, -0.25) is 4.79 Å². The summed E-state index contributed by atoms with van der Waals surface area (Å²) in [5.41, 5.74) is 0. The van der Waals surface area contributed by atoms with Crippen molar-refractivity contribution in [1.82, 2.24) is 9.62 Å². The van der Waals surface area contributed by atoms with E-state index in [-0.39, 0.29) is 25.0 Å². The third kappa shape index (κ3) is 4.11. The molecule has 3 rings (SSSR count). The molecule has 0 bridgehead atoms. The maximum absolute atomic E-state index is 13.3. The lowest BCUT2D eigenvalue weighted by Crippen LogP contribution is -2.46. The lowest BCUT2D eigenvalue weighted by molar-refractivity contribution is 0.0928. The number of thiophene rings is 1. The molecule has 0 aliphatic carbocycles. The number of piperidine rings is 1. The molecule has 0 atom stereocenters. The molecule has 2 aromatic rings. The number of hydrogen-bond donors (Lipinski definition) is 1. The normalized spacial score (nSPS) is 16.6. The van der Waals surface area contributed by atoms with Gasteiger partial charge < -0.3 is 5.32 Å². The monoisotopic (exact) mass is 400 g/mol. The fourth-order valence-electron chi connectivity index (χ4n) is 2.88. The molecule has 1 aliphatic rings. The van der Waals surface area contributed by atoms with Crippen LogP contribution in [0.3, 0.4) is 0 Å². The molecule has 26 heavy (non-hydrogen) atoms. The average Bonchev–Trinajstić information content (AvgIpc) is 3.01. The van der Waals surface area contributed by atoms with Crippen molar-refractivity contribution in [1.29, 1.82) is 0 Å². The van der Waals surface area contributed by atoms with E-state index in [2.05, 4.69) is 5.32 Å². The highest BCUT2D eigenvalue weighted by molar-refractivity contribution is 7.89. The highest BCUT2D eigenvalue weighted by Crippen LogP contribution is 2.23. The number of aryl methyl sites for hydroxylation is 1. The van der Waals surface area contributed by atoms with Crippen molar-refractivity contribution < 1.29 is 22.0 Å². The predicted octanol–water partition coefficient (Wildman–Crippen LogP) is 2.92. The Morgan fingerprint density at radius 1 is 1.15 bits per heavy atom. The summed E-state index contributed by atoms with van der Waals surface area (Å²) >= 11 is 1.40. The van der Waals surface area contributed by atoms with E-state index >= 15 is 0 Å². The second-order valence-electron chi connectivity index (χ2n) is 6.17. The highest BCUT2D eigenvalue weighted by Gasteiger charge is 2.30. The topological polar surface area (TPSA) is 66.5 Å². The number of sulfonamides is 1. The zero-order valence-electron chi connectivity index (χ0n) is 14.0. The molecule has 1 aromatic carbocycles. The van der Waals surface area contributed by atoms with Crippen molar-refractivity contribution in [2.45, 2.75) is 30.7 Å². The molecule has 1 aromatic heterocycles. The van der Waals surface area contributed by atoms with E-state index in [0.717, 1.165) is 17.0 Å². The van der Waals surface area contributed by atoms with Crippen LogP contribution in [0.15, 0.2) is 35.2 Å². The standard InChI is InChI=1S/C17H18F2N2O3S2/c1-11-2-3-16(25-11)17(22)20-14-4-6-21(7-5-14)26(23,24)15-9-12(18)8-13(19)10-15/h2-3,8-10,14H,4-7H2,1H3,(H,20,22). The van der Waals surface area contributed by atoms with Gasteiger partial charge in [-0.2, -0.15) is 4.31 Å². The lowest BCUT2D eigenvalue weighted by atomic mass is 10.1. The van der Waals surface area contributed by atoms with E-state index < -0.39 is 26.6 Å². The third-order valence-electron chi connectivity index (χ3n) is 4.23. The summed E-state index contributed by atoms with van der Waals surface area (Å²) in [7, 11) is -3.97. The zero-order valence-corrected chi connectivity index (χ0v) is 15.7. The van der Waals surface area contributed by atoms with Crippen LogP contribution in [0.5, 0.6) is 0 Å². The molecule has 140 valence electrons. The van der Waals surface area contributed by atoms with Crippen molar-refractivity contribution in [3.8, 4) is 0 Å². The molecule has 0 spiro atoms. The van der Waals surface area contributed by atoms with Crippen LogP contribution >= 0.6 is 11.3 Å². The van der Waals surface area contributed by atoms with Gasteiger partial charge in [0.05, 0.1) is 9.77 Å². The summed E-state index contributed by atoms with van der Waals surface area (Å²) in [6.45, 7) is 2.27. The third-order valence-corrected chi connectivity index (χ3v) is 7.10. The average molecular weight is 400 g/mol. The van der Waals surface area contributed by atoms with Crippen molar-refractivity contribution in [2.75, 3.05) is 13.1 Å². The minimum Gasteiger partial charge on any atom is -0.349 e. The molecule has 0 radical (unpaired) electrons. The van der Waals surface area contributed by atoms with Gasteiger partial charge in [-0.15, -0.1) is 11.3 Å². The first kappa shape index (κ1) is 18.9. The van der Waals surface area contributed by atoms with Crippen LogP contribution in [0.25, 0.3) is 0 Å². The van der Waals surface area contributed by atoms with E-state index in [1.807, 2.05) is 13.0 Å². The Hall–Kier alpha value is -1.84. The van der Waals surface area contributed by atoms with Gasteiger partial charge in [0.25, 0.3) is 5.91 Å². The number of rotatable bonds is 4. The summed E-state index contributed by atoms with van der Waals surface area (Å²) in [4.78, 5) is 13.4. The van der Waals surface area contributed by atoms with E-state index in [9.17, 15) is 22.0 Å². The number of hydrogen-bond acceptors (Lipinski definition) is 4. The van der Waals surface area contributed by atoms with Gasteiger partial charge in [0.1, 0.15) is 11.6 Å². The Morgan fingerprint density at radius 2 is 1.77 bits per heavy atom. The van der Waals surface area contributed by atoms with Crippen molar-refractivity contribution in [3.05, 3.63) is 51.7 Å². The van der Waals surface area contributed by atoms with Crippen molar-refractivity contribution >= 4 is 27.3 Å². The lowest BCUT2D eigenvalue weighted by Gasteiger charge is -2.31. The van der Waals surface area contributed by atoms with Crippen LogP contribution < -0.4 is 5.32 Å². The largest absolute Gasteiger partial charge is 0.349 e. The zero-order chi connectivity index (χ0) is 18.9. The fourth-order valence-corrected chi connectivity index (χ4v) is 5.16. The highest BCUT2D eigenvalue weighted by atomic mass is 32.2. The molecule has 1 fully saturated rings. The molecule has 5 nitrogen and oxygen atoms in total. The van der Waals surface area contributed by atoms with Gasteiger partial charge in [0.2, 0.25) is 10.0 Å². The minimum absolute atomic E-state index is 0.138. The van der Waals surface area contributed by atoms with Crippen molar-refractivity contribution in [3.63, 3.8) is 0 Å². The summed E-state index contributed by atoms with van der Waals surface area (Å²) < 4.78 is 52.9. The van der Waals surface area contributed by atoms with Crippen LogP contribution in [0.2, 0.25) is 0 Å². The SMILES string of the molecule is Cc1ccc(C(=O)NC2CCN(S(=O)(=O)c3cc(F)cc(F)c3)CC2)s1. The van der Waals surface area contributed by atoms with Crippen LogP contribution in [0, 0.1) is 18.6 Å². The summed E-state index contributed by atoms with van der Waals surface area (Å²) in [5, 5.41) is 2.91. The molecule has 0 saturated carbocycles. The Morgan fingerprint density at radius 3 is 2.31 bits per heavy atom. The maximum Gasteiger partial charge on any atom is 0.261 e. The summed E-state index contributed by atoms with van der Waals surface area (Å²) in [6.07, 6.45) is 0.875. The molecule has 1 N–H and O–H groups in total. The van der Waals surface area contributed by atoms with Gasteiger partial charge >= 0.3 is 0 Å². The second kappa shape index (κ2) is 7.42. The number of amides is 1. The Labute approximate surface area is 154 Å². The first-order valence-electron chi connectivity index (χ1n) is 8.09. The van der Waals surface area contributed by atoms with Gasteiger partial charge in [-0.25, -0.2) is 17.2 Å². The second-order valence-corrected chi connectivity index (χ2v) is 9.39. The Kier molecular flexibility index (Phi) is 5.40. The predicted molar refractivity (Wildman–Crippen MR) is 94.7 cm³/mol. The first-order chi connectivity index (χ1) is 12.3. The Bertz CT molecular complexity index is 900. The van der Waals surface area contributed by atoms with Gasteiger partial charge in [0, 0.05) is 30.1 Å². The summed E-state index contributed by atoms with van der Waals surface area (Å²) in [5.74, 6) is -2.04. The number of halogens is 2. The smallest absolute Gasteiger partial charge is 0.261 e. The summed E-state index contributed by atoms with van der Waals surface area (Å²) in [6, 6.07) is 5.74. The van der Waals surface area contributed by atoms with Gasteiger partial charge in [-0.1, -0.05) is 0 Å². The number of nitrogens with one attached hydrogen (secondary N) is 1. The molecular weight excluding hydrogens is 382 g/mol. The van der Waals surface area contributed by atoms with Crippen LogP contribution in [0.1, 0.15) is 27.4 Å². The number of benzene rings is 1. The number of carbonyl (C=O) groups excluding carboxylic acids is 1. The molecule has 1 amide bonds. The molecule has 2 heterocycles. The molecular formula is C17H18F2N2O3S2. The van der Waals surface area contributed by atoms with Crippen LogP contribution in [-0.2, 0) is 10.0 Å². The van der Waals surface area contributed by atoms with Crippen LogP contribution in [0.4, 0.5) is 8.78 Å². The molecule has 0 unspecified atom stereocenters. The minimum atomic E-state index is -3.97.